The van der Waals surface area contributed by atoms with Crippen LogP contribution in [0.15, 0.2) is 48.5 Å². The summed E-state index contributed by atoms with van der Waals surface area (Å²) in [7, 11) is 0. The molecule has 2 aromatic rings. The largest absolute Gasteiger partial charge is 0.494 e. The van der Waals surface area contributed by atoms with Crippen molar-refractivity contribution in [3.05, 3.63) is 65.7 Å². The van der Waals surface area contributed by atoms with Crippen LogP contribution in [0.1, 0.15) is 29.6 Å². The molecule has 0 spiro atoms. The minimum Gasteiger partial charge on any atom is -0.494 e. The first-order chi connectivity index (χ1) is 12.1. The highest BCUT2D eigenvalue weighted by Gasteiger charge is 2.04. The quantitative estimate of drug-likeness (QED) is 0.321. The van der Waals surface area contributed by atoms with Gasteiger partial charge in [0.05, 0.1) is 6.61 Å². The van der Waals surface area contributed by atoms with E-state index in [2.05, 4.69) is 0 Å². The van der Waals surface area contributed by atoms with Crippen LogP contribution in [0.5, 0.6) is 5.75 Å². The lowest BCUT2D eigenvalue weighted by molar-refractivity contribution is 0.0982. The molecule has 0 amide bonds. The molecule has 0 aliphatic carbocycles. The smallest absolute Gasteiger partial charge is 0.162 e. The fraction of sp³-hybridized carbons (Fsp3) is 0.316. The highest BCUT2D eigenvalue weighted by Crippen LogP contribution is 2.11. The van der Waals surface area contributed by atoms with Crippen molar-refractivity contribution in [2.45, 2.75) is 19.3 Å². The summed E-state index contributed by atoms with van der Waals surface area (Å²) < 4.78 is 30.1. The van der Waals surface area contributed by atoms with Crippen LogP contribution in [0, 0.1) is 11.6 Å². The summed E-state index contributed by atoms with van der Waals surface area (Å²) in [6.45, 7) is 0.579. The minimum absolute atomic E-state index is 0.0145. The Morgan fingerprint density at radius 1 is 0.840 bits per heavy atom. The molecule has 2 nitrogen and oxygen atoms in total. The van der Waals surface area contributed by atoms with Crippen molar-refractivity contribution in [3.63, 3.8) is 0 Å². The number of halogens is 4. The highest BCUT2D eigenvalue weighted by molar-refractivity contribution is 6.18. The predicted octanol–water partition coefficient (Wildman–Crippen LogP) is 5.86. The number of ketones is 1. The second-order valence-corrected chi connectivity index (χ2v) is 5.82. The van der Waals surface area contributed by atoms with Crippen LogP contribution in [0.2, 0.25) is 0 Å². The molecule has 0 fully saturated rings. The third kappa shape index (κ3) is 9.42. The molecule has 0 saturated heterocycles. The first-order valence-electron chi connectivity index (χ1n) is 7.86. The zero-order valence-electron chi connectivity index (χ0n) is 13.7. The molecule has 136 valence electrons. The van der Waals surface area contributed by atoms with Crippen LogP contribution in [0.25, 0.3) is 0 Å². The third-order valence-electron chi connectivity index (χ3n) is 3.06. The molecule has 2 aromatic carbocycles. The molecule has 2 rings (SSSR count). The number of alkyl halides is 2. The number of carbonyl (C=O) groups excluding carboxylic acids is 1. The Hall–Kier alpha value is -1.65. The van der Waals surface area contributed by atoms with Gasteiger partial charge >= 0.3 is 0 Å². The van der Waals surface area contributed by atoms with Gasteiger partial charge in [-0.3, -0.25) is 4.79 Å². The van der Waals surface area contributed by atoms with Gasteiger partial charge in [-0.1, -0.05) is 0 Å². The van der Waals surface area contributed by atoms with Crippen molar-refractivity contribution in [2.24, 2.45) is 0 Å². The van der Waals surface area contributed by atoms with Gasteiger partial charge in [0, 0.05) is 23.7 Å². The number of Topliss-reactive ketones (excluding diaryl/α,β-unsaturated/α-hetero) is 1. The normalized spacial score (nSPS) is 9.92. The average Bonchev–Trinajstić information content (AvgIpc) is 2.63. The maximum absolute atomic E-state index is 12.5. The van der Waals surface area contributed by atoms with Crippen LogP contribution in [0.3, 0.4) is 0 Å². The Balaban J connectivity index is 0.000000251. The van der Waals surface area contributed by atoms with Crippen molar-refractivity contribution >= 4 is 29.0 Å². The van der Waals surface area contributed by atoms with E-state index in [0.29, 0.717) is 42.5 Å². The second-order valence-electron chi connectivity index (χ2n) is 5.07. The minimum atomic E-state index is -0.325. The molecule has 0 aromatic heterocycles. The van der Waals surface area contributed by atoms with E-state index in [1.54, 1.807) is 12.1 Å². The van der Waals surface area contributed by atoms with E-state index in [1.807, 2.05) is 0 Å². The molecule has 0 aliphatic heterocycles. The van der Waals surface area contributed by atoms with Gasteiger partial charge in [0.1, 0.15) is 17.4 Å². The Morgan fingerprint density at radius 2 is 1.36 bits per heavy atom. The first kappa shape index (κ1) is 21.4. The first-order valence-corrected chi connectivity index (χ1v) is 8.92. The van der Waals surface area contributed by atoms with Gasteiger partial charge in [-0.15, -0.1) is 23.2 Å². The molecule has 0 radical (unpaired) electrons. The van der Waals surface area contributed by atoms with E-state index in [4.69, 9.17) is 27.9 Å². The molecule has 0 heterocycles. The summed E-state index contributed by atoms with van der Waals surface area (Å²) in [6, 6.07) is 11.5. The van der Waals surface area contributed by atoms with E-state index in [0.717, 1.165) is 6.42 Å². The predicted molar refractivity (Wildman–Crippen MR) is 97.9 cm³/mol. The fourth-order valence-electron chi connectivity index (χ4n) is 1.78. The molecule has 0 N–H and O–H groups in total. The Kier molecular flexibility index (Phi) is 10.8. The molecule has 0 atom stereocenters. The summed E-state index contributed by atoms with van der Waals surface area (Å²) in [6.07, 6.45) is 1.89. The second kappa shape index (κ2) is 12.7. The van der Waals surface area contributed by atoms with Crippen LogP contribution < -0.4 is 4.74 Å². The standard InChI is InChI=1S/C10H10ClFO.C9H10ClFO/c11-7-1-2-10(13)8-3-5-9(12)6-4-8;10-6-1-7-12-9-4-2-8(11)3-5-9/h3-6H,1-2,7H2;2-5H,1,6-7H2. The van der Waals surface area contributed by atoms with Crippen molar-refractivity contribution in [1.82, 2.24) is 0 Å². The van der Waals surface area contributed by atoms with E-state index in [9.17, 15) is 13.6 Å². The molecular weight excluding hydrogens is 369 g/mol. The van der Waals surface area contributed by atoms with Gasteiger partial charge in [-0.25, -0.2) is 8.78 Å². The zero-order chi connectivity index (χ0) is 18.5. The molecule has 0 aliphatic rings. The van der Waals surface area contributed by atoms with Crippen molar-refractivity contribution in [2.75, 3.05) is 18.4 Å². The van der Waals surface area contributed by atoms with E-state index in [1.165, 1.54) is 36.4 Å². The van der Waals surface area contributed by atoms with Gasteiger partial charge < -0.3 is 4.74 Å². The lowest BCUT2D eigenvalue weighted by Gasteiger charge is -2.03. The maximum atomic E-state index is 12.5. The summed E-state index contributed by atoms with van der Waals surface area (Å²) in [5.74, 6) is 1.18. The van der Waals surface area contributed by atoms with Gasteiger partial charge in [0.15, 0.2) is 5.78 Å². The number of hydrogen-bond acceptors (Lipinski definition) is 2. The monoisotopic (exact) mass is 388 g/mol. The van der Waals surface area contributed by atoms with Crippen LogP contribution in [0.4, 0.5) is 8.78 Å². The van der Waals surface area contributed by atoms with Gasteiger partial charge in [0.2, 0.25) is 0 Å². The van der Waals surface area contributed by atoms with E-state index < -0.39 is 0 Å². The van der Waals surface area contributed by atoms with E-state index in [-0.39, 0.29) is 17.4 Å². The number of carbonyl (C=O) groups is 1. The summed E-state index contributed by atoms with van der Waals surface area (Å²) in [4.78, 5) is 11.3. The average molecular weight is 389 g/mol. The SMILES string of the molecule is Fc1ccc(OCCCCl)cc1.O=C(CCCCl)c1ccc(F)cc1. The Labute approximate surface area is 156 Å². The van der Waals surface area contributed by atoms with Crippen molar-refractivity contribution < 1.29 is 18.3 Å². The molecule has 25 heavy (non-hydrogen) atoms. The number of benzene rings is 2. The highest BCUT2D eigenvalue weighted by atomic mass is 35.5. The zero-order valence-corrected chi connectivity index (χ0v) is 15.2. The third-order valence-corrected chi connectivity index (χ3v) is 3.60. The molecule has 0 saturated carbocycles. The van der Waals surface area contributed by atoms with Gasteiger partial charge in [-0.2, -0.15) is 0 Å². The lowest BCUT2D eigenvalue weighted by Crippen LogP contribution is -1.98. The Morgan fingerprint density at radius 3 is 1.88 bits per heavy atom. The van der Waals surface area contributed by atoms with Crippen LogP contribution in [-0.2, 0) is 0 Å². The molecular formula is C19H20Cl2F2O2. The fourth-order valence-corrected chi connectivity index (χ4v) is 2.03. The van der Waals surface area contributed by atoms with Crippen molar-refractivity contribution in [3.8, 4) is 5.75 Å². The summed E-state index contributed by atoms with van der Waals surface area (Å²) in [5, 5.41) is 0. The summed E-state index contributed by atoms with van der Waals surface area (Å²) in [5.41, 5.74) is 0.548. The number of hydrogen-bond donors (Lipinski definition) is 0. The number of rotatable bonds is 8. The lowest BCUT2D eigenvalue weighted by atomic mass is 10.1. The number of ether oxygens (including phenoxy) is 1. The van der Waals surface area contributed by atoms with Gasteiger partial charge in [-0.05, 0) is 61.4 Å². The Bertz CT molecular complexity index is 616. The van der Waals surface area contributed by atoms with Crippen LogP contribution in [-0.4, -0.2) is 24.2 Å². The van der Waals surface area contributed by atoms with Crippen molar-refractivity contribution in [1.29, 1.82) is 0 Å². The van der Waals surface area contributed by atoms with E-state index >= 15 is 0 Å². The molecule has 6 heteroatoms. The topological polar surface area (TPSA) is 26.3 Å². The summed E-state index contributed by atoms with van der Waals surface area (Å²) >= 11 is 10.9. The maximum Gasteiger partial charge on any atom is 0.162 e. The molecule has 0 unspecified atom stereocenters. The molecule has 0 bridgehead atoms. The van der Waals surface area contributed by atoms with Crippen LogP contribution >= 0.6 is 23.2 Å². The van der Waals surface area contributed by atoms with Gasteiger partial charge in [0.25, 0.3) is 0 Å².